The van der Waals surface area contributed by atoms with Crippen LogP contribution in [0.1, 0.15) is 22.3 Å². The van der Waals surface area contributed by atoms with Crippen LogP contribution < -0.4 is 9.62 Å². The number of benzene rings is 4. The van der Waals surface area contributed by atoms with Crippen LogP contribution in [0.4, 0.5) is 18.9 Å². The van der Waals surface area contributed by atoms with Gasteiger partial charge in [-0.3, -0.25) is 13.9 Å². The van der Waals surface area contributed by atoms with Crippen molar-refractivity contribution in [2.45, 2.75) is 37.0 Å². The number of rotatable bonds is 11. The molecule has 2 amide bonds. The monoisotopic (exact) mass is 691 g/mol. The maximum absolute atomic E-state index is 14.4. The molecule has 0 fully saturated rings. The number of carbonyl (C=O) groups is 2. The van der Waals surface area contributed by atoms with Gasteiger partial charge >= 0.3 is 6.18 Å². The number of hydrogen-bond acceptors (Lipinski definition) is 4. The van der Waals surface area contributed by atoms with Gasteiger partial charge in [0.15, 0.2) is 0 Å². The van der Waals surface area contributed by atoms with Gasteiger partial charge in [0.25, 0.3) is 10.0 Å². The van der Waals surface area contributed by atoms with Crippen molar-refractivity contribution in [2.75, 3.05) is 17.9 Å². The molecule has 0 saturated carbocycles. The van der Waals surface area contributed by atoms with E-state index in [9.17, 15) is 31.2 Å². The average Bonchev–Trinajstić information content (AvgIpc) is 3.02. The maximum Gasteiger partial charge on any atom is 0.416 e. The summed E-state index contributed by atoms with van der Waals surface area (Å²) in [5.41, 5.74) is 0.250. The molecule has 242 valence electrons. The number of carbonyl (C=O) groups excluding carboxylic acids is 2. The van der Waals surface area contributed by atoms with Gasteiger partial charge in [-0.2, -0.15) is 13.2 Å². The largest absolute Gasteiger partial charge is 0.416 e. The highest BCUT2D eigenvalue weighted by molar-refractivity contribution is 7.92. The van der Waals surface area contributed by atoms with E-state index < -0.39 is 46.2 Å². The zero-order valence-corrected chi connectivity index (χ0v) is 27.1. The van der Waals surface area contributed by atoms with Crippen LogP contribution in [0.25, 0.3) is 0 Å². The molecule has 4 aromatic carbocycles. The van der Waals surface area contributed by atoms with E-state index in [4.69, 9.17) is 23.2 Å². The fourth-order valence-electron chi connectivity index (χ4n) is 4.78. The van der Waals surface area contributed by atoms with Crippen molar-refractivity contribution >= 4 is 50.7 Å². The van der Waals surface area contributed by atoms with Gasteiger partial charge in [-0.1, -0.05) is 83.4 Å². The third-order valence-electron chi connectivity index (χ3n) is 7.26. The van der Waals surface area contributed by atoms with Crippen LogP contribution in [0.15, 0.2) is 102 Å². The molecule has 0 aromatic heterocycles. The molecule has 1 atom stereocenters. The summed E-state index contributed by atoms with van der Waals surface area (Å²) in [4.78, 5) is 28.6. The van der Waals surface area contributed by atoms with Gasteiger partial charge in [0, 0.05) is 35.6 Å². The molecular weight excluding hydrogens is 662 g/mol. The van der Waals surface area contributed by atoms with Crippen LogP contribution in [0, 0.1) is 6.92 Å². The number of hydrogen-bond donors (Lipinski definition) is 1. The lowest BCUT2D eigenvalue weighted by atomic mass is 10.0. The van der Waals surface area contributed by atoms with E-state index in [1.807, 2.05) is 0 Å². The van der Waals surface area contributed by atoms with Gasteiger partial charge in [0.1, 0.15) is 12.6 Å². The van der Waals surface area contributed by atoms with Crippen LogP contribution >= 0.6 is 23.2 Å². The van der Waals surface area contributed by atoms with E-state index in [0.29, 0.717) is 21.5 Å². The molecule has 0 bridgehead atoms. The number of alkyl halides is 3. The predicted molar refractivity (Wildman–Crippen MR) is 172 cm³/mol. The van der Waals surface area contributed by atoms with Crippen molar-refractivity contribution in [1.82, 2.24) is 10.2 Å². The van der Waals surface area contributed by atoms with Gasteiger partial charge in [-0.15, -0.1) is 0 Å². The molecule has 0 spiro atoms. The number of nitrogens with one attached hydrogen (secondary N) is 1. The molecule has 4 aromatic rings. The number of amides is 2. The van der Waals surface area contributed by atoms with E-state index >= 15 is 0 Å². The van der Waals surface area contributed by atoms with Crippen LogP contribution in [0.3, 0.4) is 0 Å². The minimum absolute atomic E-state index is 0.0304. The second-order valence-electron chi connectivity index (χ2n) is 10.4. The highest BCUT2D eigenvalue weighted by atomic mass is 35.5. The van der Waals surface area contributed by atoms with Gasteiger partial charge in [-0.25, -0.2) is 8.42 Å². The average molecular weight is 693 g/mol. The Balaban J connectivity index is 1.86. The Labute approximate surface area is 275 Å². The zero-order valence-electron chi connectivity index (χ0n) is 24.8. The van der Waals surface area contributed by atoms with Gasteiger partial charge < -0.3 is 10.2 Å². The zero-order chi connectivity index (χ0) is 33.6. The minimum atomic E-state index is -4.79. The van der Waals surface area contributed by atoms with Gasteiger partial charge in [0.2, 0.25) is 11.8 Å². The highest BCUT2D eigenvalue weighted by Gasteiger charge is 2.36. The van der Waals surface area contributed by atoms with Crippen molar-refractivity contribution in [3.05, 3.63) is 129 Å². The molecule has 0 unspecified atom stereocenters. The third-order valence-corrected chi connectivity index (χ3v) is 9.75. The van der Waals surface area contributed by atoms with Crippen molar-refractivity contribution in [3.8, 4) is 0 Å². The van der Waals surface area contributed by atoms with E-state index in [0.717, 1.165) is 22.6 Å². The van der Waals surface area contributed by atoms with E-state index in [1.165, 1.54) is 37.4 Å². The quantitative estimate of drug-likeness (QED) is 0.185. The first kappa shape index (κ1) is 34.8. The molecular formula is C33H30Cl2F3N3O4S. The van der Waals surface area contributed by atoms with Crippen LogP contribution in [-0.2, 0) is 38.8 Å². The number of anilines is 1. The van der Waals surface area contributed by atoms with Gasteiger partial charge in [0.05, 0.1) is 16.1 Å². The summed E-state index contributed by atoms with van der Waals surface area (Å²) >= 11 is 12.9. The van der Waals surface area contributed by atoms with Crippen LogP contribution in [0.2, 0.25) is 10.0 Å². The molecule has 0 heterocycles. The van der Waals surface area contributed by atoms with E-state index in [-0.39, 0.29) is 33.6 Å². The van der Waals surface area contributed by atoms with Gasteiger partial charge in [-0.05, 0) is 55.0 Å². The van der Waals surface area contributed by atoms with Crippen LogP contribution in [0.5, 0.6) is 0 Å². The van der Waals surface area contributed by atoms with Crippen molar-refractivity contribution in [3.63, 3.8) is 0 Å². The summed E-state index contributed by atoms with van der Waals surface area (Å²) in [5, 5.41) is 2.94. The Hall–Kier alpha value is -4.06. The summed E-state index contributed by atoms with van der Waals surface area (Å²) in [6.45, 7) is 0.499. The third kappa shape index (κ3) is 8.20. The molecule has 0 aliphatic carbocycles. The number of halogens is 5. The van der Waals surface area contributed by atoms with Crippen molar-refractivity contribution in [1.29, 1.82) is 0 Å². The number of sulfonamides is 1. The Kier molecular flexibility index (Phi) is 11.0. The second-order valence-corrected chi connectivity index (χ2v) is 13.1. The van der Waals surface area contributed by atoms with Crippen molar-refractivity contribution in [2.24, 2.45) is 0 Å². The lowest BCUT2D eigenvalue weighted by molar-refractivity contribution is -0.139. The number of likely N-dealkylation sites (N-methyl/N-ethyl adjacent to an activating group) is 1. The molecule has 1 N–H and O–H groups in total. The first-order valence-corrected chi connectivity index (χ1v) is 16.2. The second kappa shape index (κ2) is 14.6. The standard InChI is InChI=1S/C33H30Cl2F3N3O4S/c1-22-14-16-26(17-15-22)46(44,45)41(25-11-6-10-24(19-25)33(36,37)38)21-31(42)40(20-27-28(34)12-7-13-29(27)35)30(32(43)39-2)18-23-8-4-3-5-9-23/h3-17,19,30H,18,20-21H2,1-2H3,(H,39,43)/t30-/m1/s1. The minimum Gasteiger partial charge on any atom is -0.357 e. The molecule has 4 rings (SSSR count). The molecule has 0 radical (unpaired) electrons. The SMILES string of the molecule is CNC(=O)[C@@H](Cc1ccccc1)N(Cc1c(Cl)cccc1Cl)C(=O)CN(c1cccc(C(F)(F)F)c1)S(=O)(=O)c1ccc(C)cc1. The first-order chi connectivity index (χ1) is 21.7. The normalized spacial score (nSPS) is 12.3. The molecule has 13 heteroatoms. The van der Waals surface area contributed by atoms with Crippen LogP contribution in [-0.4, -0.2) is 44.8 Å². The van der Waals surface area contributed by atoms with E-state index in [2.05, 4.69) is 5.32 Å². The topological polar surface area (TPSA) is 86.8 Å². The predicted octanol–water partition coefficient (Wildman–Crippen LogP) is 6.90. The Bertz CT molecular complexity index is 1790. The molecule has 0 saturated heterocycles. The van der Waals surface area contributed by atoms with Crippen molar-refractivity contribution < 1.29 is 31.2 Å². The molecule has 0 aliphatic heterocycles. The Morgan fingerprint density at radius 3 is 2.07 bits per heavy atom. The summed E-state index contributed by atoms with van der Waals surface area (Å²) < 4.78 is 69.9. The fraction of sp³-hybridized carbons (Fsp3) is 0.212. The molecule has 7 nitrogen and oxygen atoms in total. The summed E-state index contributed by atoms with van der Waals surface area (Å²) in [6, 6.07) is 21.7. The smallest absolute Gasteiger partial charge is 0.357 e. The lowest BCUT2D eigenvalue weighted by Gasteiger charge is -2.34. The Morgan fingerprint density at radius 1 is 0.870 bits per heavy atom. The lowest BCUT2D eigenvalue weighted by Crippen LogP contribution is -2.53. The fourth-order valence-corrected chi connectivity index (χ4v) is 6.70. The molecule has 0 aliphatic rings. The first-order valence-electron chi connectivity index (χ1n) is 14.0. The van der Waals surface area contributed by atoms with E-state index in [1.54, 1.807) is 55.5 Å². The number of nitrogens with zero attached hydrogens (tertiary/aromatic N) is 2. The summed E-state index contributed by atoms with van der Waals surface area (Å²) in [7, 11) is -3.20. The molecule has 46 heavy (non-hydrogen) atoms. The summed E-state index contributed by atoms with van der Waals surface area (Å²) in [6.07, 6.45) is -4.76. The maximum atomic E-state index is 14.4. The highest BCUT2D eigenvalue weighted by Crippen LogP contribution is 2.34. The number of aryl methyl sites for hydroxylation is 1. The Morgan fingerprint density at radius 2 is 1.48 bits per heavy atom. The summed E-state index contributed by atoms with van der Waals surface area (Å²) in [5.74, 6) is -1.44.